The molecular weight excluding hydrogens is 224 g/mol. The number of hydrogen-bond acceptors (Lipinski definition) is 3. The van der Waals surface area contributed by atoms with Crippen LogP contribution in [0, 0.1) is 6.92 Å². The van der Waals surface area contributed by atoms with Crippen LogP contribution >= 0.6 is 0 Å². The van der Waals surface area contributed by atoms with Crippen molar-refractivity contribution in [1.29, 1.82) is 0 Å². The first-order valence-electron chi connectivity index (χ1n) is 4.78. The molecule has 0 radical (unpaired) electrons. The molecule has 1 aromatic carbocycles. The van der Waals surface area contributed by atoms with Gasteiger partial charge in [-0.1, -0.05) is 17.7 Å². The molecule has 0 aromatic heterocycles. The molecule has 0 fully saturated rings. The molecule has 0 N–H and O–H groups in total. The standard InChI is InChI=1S/C12H14O3S/c1-9-4-6-11(7-5-9)16(14)8-10(2)12(13)15-3/h4-8H,1-3H3/b10-8+/t16-/m1/s1. The van der Waals surface area contributed by atoms with Crippen LogP contribution in [0.5, 0.6) is 0 Å². The fourth-order valence-electron chi connectivity index (χ4n) is 1.11. The second-order valence-corrected chi connectivity index (χ2v) is 4.70. The molecule has 86 valence electrons. The summed E-state index contributed by atoms with van der Waals surface area (Å²) in [6, 6.07) is 7.34. The van der Waals surface area contributed by atoms with Gasteiger partial charge in [-0.2, -0.15) is 0 Å². The molecule has 0 unspecified atom stereocenters. The zero-order chi connectivity index (χ0) is 12.1. The Labute approximate surface area is 97.6 Å². The molecule has 16 heavy (non-hydrogen) atoms. The van der Waals surface area contributed by atoms with Crippen molar-refractivity contribution in [3.05, 3.63) is 40.8 Å². The average molecular weight is 238 g/mol. The van der Waals surface area contributed by atoms with Gasteiger partial charge in [0.25, 0.3) is 0 Å². The van der Waals surface area contributed by atoms with E-state index in [4.69, 9.17) is 0 Å². The molecule has 1 rings (SSSR count). The van der Waals surface area contributed by atoms with E-state index in [0.29, 0.717) is 10.5 Å². The second kappa shape index (κ2) is 5.61. The zero-order valence-corrected chi connectivity index (χ0v) is 10.3. The minimum atomic E-state index is -1.31. The first-order valence-corrected chi connectivity index (χ1v) is 6.00. The van der Waals surface area contributed by atoms with Gasteiger partial charge >= 0.3 is 5.97 Å². The van der Waals surface area contributed by atoms with Crippen LogP contribution in [0.2, 0.25) is 0 Å². The van der Waals surface area contributed by atoms with Crippen molar-refractivity contribution in [1.82, 2.24) is 0 Å². The molecule has 4 heteroatoms. The Kier molecular flexibility index (Phi) is 4.43. The summed E-state index contributed by atoms with van der Waals surface area (Å²) >= 11 is 0. The van der Waals surface area contributed by atoms with Gasteiger partial charge in [-0.3, -0.25) is 0 Å². The third-order valence-corrected chi connectivity index (χ3v) is 3.35. The van der Waals surface area contributed by atoms with Crippen LogP contribution in [0.4, 0.5) is 0 Å². The maximum Gasteiger partial charge on any atom is 0.334 e. The Morgan fingerprint density at radius 1 is 1.31 bits per heavy atom. The van der Waals surface area contributed by atoms with Crippen molar-refractivity contribution in [2.45, 2.75) is 18.7 Å². The summed E-state index contributed by atoms with van der Waals surface area (Å²) < 4.78 is 16.3. The van der Waals surface area contributed by atoms with E-state index >= 15 is 0 Å². The second-order valence-electron chi connectivity index (χ2n) is 3.40. The largest absolute Gasteiger partial charge is 0.466 e. The topological polar surface area (TPSA) is 43.4 Å². The number of esters is 1. The van der Waals surface area contributed by atoms with Crippen molar-refractivity contribution in [3.63, 3.8) is 0 Å². The van der Waals surface area contributed by atoms with E-state index < -0.39 is 16.8 Å². The van der Waals surface area contributed by atoms with Gasteiger partial charge in [-0.15, -0.1) is 0 Å². The molecule has 0 saturated carbocycles. The van der Waals surface area contributed by atoms with Crippen molar-refractivity contribution in [2.24, 2.45) is 0 Å². The molecule has 0 amide bonds. The Morgan fingerprint density at radius 3 is 2.38 bits per heavy atom. The highest BCUT2D eigenvalue weighted by Gasteiger charge is 2.06. The maximum absolute atomic E-state index is 11.8. The van der Waals surface area contributed by atoms with Crippen molar-refractivity contribution >= 4 is 16.8 Å². The molecule has 0 aliphatic carbocycles. The molecule has 0 bridgehead atoms. The van der Waals surface area contributed by atoms with E-state index in [-0.39, 0.29) is 0 Å². The summed E-state index contributed by atoms with van der Waals surface area (Å²) in [5.41, 5.74) is 1.45. The molecular formula is C12H14O3S. The minimum absolute atomic E-state index is 0.349. The molecule has 1 atom stereocenters. The SMILES string of the molecule is COC(=O)/C(C)=C/[S@@](=O)c1ccc(C)cc1. The van der Waals surface area contributed by atoms with E-state index in [1.165, 1.54) is 12.5 Å². The smallest absolute Gasteiger partial charge is 0.334 e. The van der Waals surface area contributed by atoms with Crippen molar-refractivity contribution in [2.75, 3.05) is 7.11 Å². The summed E-state index contributed by atoms with van der Waals surface area (Å²) in [6.07, 6.45) is 0. The summed E-state index contributed by atoms with van der Waals surface area (Å²) in [7, 11) is -0.00675. The molecule has 0 aliphatic heterocycles. The van der Waals surface area contributed by atoms with E-state index in [2.05, 4.69) is 4.74 Å². The van der Waals surface area contributed by atoms with Crippen molar-refractivity contribution in [3.8, 4) is 0 Å². The Morgan fingerprint density at radius 2 is 1.88 bits per heavy atom. The third-order valence-electron chi connectivity index (χ3n) is 2.04. The van der Waals surface area contributed by atoms with Gasteiger partial charge < -0.3 is 4.74 Å². The van der Waals surface area contributed by atoms with Gasteiger partial charge in [0.05, 0.1) is 17.9 Å². The zero-order valence-electron chi connectivity index (χ0n) is 9.52. The Balaban J connectivity index is 2.87. The number of benzene rings is 1. The molecule has 1 aromatic rings. The molecule has 0 aliphatic rings. The third kappa shape index (κ3) is 3.31. The maximum atomic E-state index is 11.8. The fraction of sp³-hybridized carbons (Fsp3) is 0.250. The number of carbonyl (C=O) groups is 1. The number of rotatable bonds is 3. The summed E-state index contributed by atoms with van der Waals surface area (Å²) in [6.45, 7) is 3.54. The predicted octanol–water partition coefficient (Wildman–Crippen LogP) is 2.18. The number of aryl methyl sites for hydroxylation is 1. The highest BCUT2D eigenvalue weighted by molar-refractivity contribution is 7.88. The lowest BCUT2D eigenvalue weighted by Crippen LogP contribution is -2.02. The van der Waals surface area contributed by atoms with Crippen LogP contribution in [0.3, 0.4) is 0 Å². The van der Waals surface area contributed by atoms with E-state index in [1.54, 1.807) is 19.1 Å². The average Bonchev–Trinajstić information content (AvgIpc) is 2.28. The van der Waals surface area contributed by atoms with Gasteiger partial charge in [0, 0.05) is 15.9 Å². The van der Waals surface area contributed by atoms with E-state index in [9.17, 15) is 9.00 Å². The van der Waals surface area contributed by atoms with Crippen LogP contribution in [-0.2, 0) is 20.3 Å². The van der Waals surface area contributed by atoms with Gasteiger partial charge in [-0.25, -0.2) is 9.00 Å². The van der Waals surface area contributed by atoms with E-state index in [0.717, 1.165) is 5.56 Å². The fourth-order valence-corrected chi connectivity index (χ4v) is 2.07. The quantitative estimate of drug-likeness (QED) is 0.599. The highest BCUT2D eigenvalue weighted by atomic mass is 32.2. The number of methoxy groups -OCH3 is 1. The first-order chi connectivity index (χ1) is 7.54. The molecule has 0 spiro atoms. The van der Waals surface area contributed by atoms with Crippen LogP contribution in [0.25, 0.3) is 0 Å². The number of ether oxygens (including phenoxy) is 1. The Bertz CT molecular complexity index is 432. The van der Waals surface area contributed by atoms with Gasteiger partial charge in [-0.05, 0) is 26.0 Å². The summed E-state index contributed by atoms with van der Waals surface area (Å²) in [5, 5.41) is 1.40. The monoisotopic (exact) mass is 238 g/mol. The normalized spacial score (nSPS) is 13.3. The number of hydrogen-bond donors (Lipinski definition) is 0. The van der Waals surface area contributed by atoms with Crippen LogP contribution < -0.4 is 0 Å². The van der Waals surface area contributed by atoms with Crippen LogP contribution in [0.1, 0.15) is 12.5 Å². The van der Waals surface area contributed by atoms with Crippen molar-refractivity contribution < 1.29 is 13.7 Å². The van der Waals surface area contributed by atoms with Gasteiger partial charge in [0.15, 0.2) is 0 Å². The molecule has 3 nitrogen and oxygen atoms in total. The minimum Gasteiger partial charge on any atom is -0.466 e. The van der Waals surface area contributed by atoms with Crippen LogP contribution in [0.15, 0.2) is 40.1 Å². The Hall–Kier alpha value is -1.42. The summed E-state index contributed by atoms with van der Waals surface area (Å²) in [5.74, 6) is -0.458. The van der Waals surface area contributed by atoms with E-state index in [1.807, 2.05) is 19.1 Å². The molecule has 0 heterocycles. The first kappa shape index (κ1) is 12.6. The number of carbonyl (C=O) groups excluding carboxylic acids is 1. The predicted molar refractivity (Wildman–Crippen MR) is 63.4 cm³/mol. The van der Waals surface area contributed by atoms with Gasteiger partial charge in [0.1, 0.15) is 0 Å². The van der Waals surface area contributed by atoms with Gasteiger partial charge in [0.2, 0.25) is 0 Å². The lowest BCUT2D eigenvalue weighted by Gasteiger charge is -2.00. The lowest BCUT2D eigenvalue weighted by atomic mass is 10.2. The highest BCUT2D eigenvalue weighted by Crippen LogP contribution is 2.11. The summed E-state index contributed by atoms with van der Waals surface area (Å²) in [4.78, 5) is 11.8. The lowest BCUT2D eigenvalue weighted by molar-refractivity contribution is -0.136. The van der Waals surface area contributed by atoms with Crippen LogP contribution in [-0.4, -0.2) is 17.3 Å². The molecule has 0 saturated heterocycles.